The Kier molecular flexibility index (Phi) is 8.50. The van der Waals surface area contributed by atoms with Crippen molar-refractivity contribution >= 4 is 28.6 Å². The van der Waals surface area contributed by atoms with E-state index in [0.717, 1.165) is 19.5 Å². The summed E-state index contributed by atoms with van der Waals surface area (Å²) in [5.41, 5.74) is 0. The fourth-order valence-electron chi connectivity index (χ4n) is 0.960. The molecule has 4 nitrogen and oxygen atoms in total. The molecule has 0 rings (SSSR count). The minimum absolute atomic E-state index is 0.0862. The number of alkyl halides is 1. The molecule has 0 aromatic heterocycles. The number of rotatable bonds is 7. The van der Waals surface area contributed by atoms with Crippen molar-refractivity contribution in [2.75, 3.05) is 40.8 Å². The zero-order chi connectivity index (χ0) is 11.0. The molecule has 0 radical (unpaired) electrons. The van der Waals surface area contributed by atoms with E-state index < -0.39 is 0 Å². The predicted molar refractivity (Wildman–Crippen MR) is 65.9 cm³/mol. The van der Waals surface area contributed by atoms with E-state index in [9.17, 15) is 4.79 Å². The van der Waals surface area contributed by atoms with Crippen LogP contribution in [0.3, 0.4) is 0 Å². The fraction of sp³-hybridized carbons (Fsp3) is 0.889. The van der Waals surface area contributed by atoms with Gasteiger partial charge in [0, 0.05) is 6.54 Å². The van der Waals surface area contributed by atoms with Gasteiger partial charge in [-0.1, -0.05) is 22.6 Å². The Bertz CT molecular complexity index is 165. The van der Waals surface area contributed by atoms with Gasteiger partial charge >= 0.3 is 5.97 Å². The number of carbonyl (C=O) groups is 1. The normalized spacial score (nSPS) is 12.9. The summed E-state index contributed by atoms with van der Waals surface area (Å²) in [6, 6.07) is 0. The van der Waals surface area contributed by atoms with Gasteiger partial charge < -0.3 is 15.0 Å². The zero-order valence-corrected chi connectivity index (χ0v) is 11.2. The SMILES string of the molecule is COC(=O)C(I)CNCCCN(C)C. The van der Waals surface area contributed by atoms with Crippen LogP contribution >= 0.6 is 22.6 Å². The van der Waals surface area contributed by atoms with Crippen LogP contribution in [0.4, 0.5) is 0 Å². The monoisotopic (exact) mass is 314 g/mol. The van der Waals surface area contributed by atoms with E-state index in [-0.39, 0.29) is 9.89 Å². The maximum atomic E-state index is 11.0. The van der Waals surface area contributed by atoms with Crippen LogP contribution < -0.4 is 5.32 Å². The van der Waals surface area contributed by atoms with Gasteiger partial charge in [-0.05, 0) is 33.6 Å². The van der Waals surface area contributed by atoms with Crippen molar-refractivity contribution < 1.29 is 9.53 Å². The average molecular weight is 314 g/mol. The fourth-order valence-corrected chi connectivity index (χ4v) is 1.53. The van der Waals surface area contributed by atoms with Gasteiger partial charge in [0.2, 0.25) is 0 Å². The van der Waals surface area contributed by atoms with Gasteiger partial charge in [0.15, 0.2) is 0 Å². The molecule has 0 aromatic carbocycles. The van der Waals surface area contributed by atoms with Gasteiger partial charge in [0.05, 0.1) is 7.11 Å². The Balaban J connectivity index is 3.31. The van der Waals surface area contributed by atoms with Gasteiger partial charge in [-0.2, -0.15) is 0 Å². The zero-order valence-electron chi connectivity index (χ0n) is 9.05. The summed E-state index contributed by atoms with van der Waals surface area (Å²) in [5, 5.41) is 3.22. The number of nitrogens with one attached hydrogen (secondary N) is 1. The Labute approximate surface area is 99.5 Å². The predicted octanol–water partition coefficient (Wildman–Crippen LogP) is 0.504. The van der Waals surface area contributed by atoms with Gasteiger partial charge in [0.1, 0.15) is 3.92 Å². The molecule has 0 aliphatic carbocycles. The van der Waals surface area contributed by atoms with Crippen LogP contribution in [0.15, 0.2) is 0 Å². The molecule has 0 fully saturated rings. The van der Waals surface area contributed by atoms with Crippen LogP contribution in [0.1, 0.15) is 6.42 Å². The number of hydrogen-bond acceptors (Lipinski definition) is 4. The third kappa shape index (κ3) is 7.52. The standard InChI is InChI=1S/C9H19IN2O2/c1-12(2)6-4-5-11-7-8(10)9(13)14-3/h8,11H,4-7H2,1-3H3. The molecule has 0 amide bonds. The average Bonchev–Trinajstić information content (AvgIpc) is 2.15. The van der Waals surface area contributed by atoms with Crippen molar-refractivity contribution in [3.63, 3.8) is 0 Å². The van der Waals surface area contributed by atoms with Crippen LogP contribution in [0, 0.1) is 0 Å². The molecule has 84 valence electrons. The molecule has 0 aliphatic rings. The van der Waals surface area contributed by atoms with Crippen molar-refractivity contribution in [1.29, 1.82) is 0 Å². The molecular formula is C9H19IN2O2. The Hall–Kier alpha value is 0.120. The van der Waals surface area contributed by atoms with Gasteiger partial charge in [0.25, 0.3) is 0 Å². The lowest BCUT2D eigenvalue weighted by atomic mass is 10.3. The molecule has 1 atom stereocenters. The highest BCUT2D eigenvalue weighted by atomic mass is 127. The third-order valence-corrected chi connectivity index (χ3v) is 2.69. The summed E-state index contributed by atoms with van der Waals surface area (Å²) in [7, 11) is 5.52. The van der Waals surface area contributed by atoms with E-state index in [1.54, 1.807) is 0 Å². The quantitative estimate of drug-likeness (QED) is 0.322. The largest absolute Gasteiger partial charge is 0.468 e. The smallest absolute Gasteiger partial charge is 0.319 e. The van der Waals surface area contributed by atoms with Crippen molar-refractivity contribution in [2.24, 2.45) is 0 Å². The van der Waals surface area contributed by atoms with Crippen LogP contribution in [-0.4, -0.2) is 55.6 Å². The van der Waals surface area contributed by atoms with Gasteiger partial charge in [-0.15, -0.1) is 0 Å². The number of esters is 1. The van der Waals surface area contributed by atoms with Gasteiger partial charge in [-0.25, -0.2) is 0 Å². The van der Waals surface area contributed by atoms with E-state index in [1.807, 2.05) is 0 Å². The first-order chi connectivity index (χ1) is 6.57. The van der Waals surface area contributed by atoms with Gasteiger partial charge in [-0.3, -0.25) is 4.79 Å². The molecule has 1 unspecified atom stereocenters. The lowest BCUT2D eigenvalue weighted by Crippen LogP contribution is -2.31. The molecule has 14 heavy (non-hydrogen) atoms. The number of methoxy groups -OCH3 is 1. The lowest BCUT2D eigenvalue weighted by molar-refractivity contribution is -0.139. The maximum absolute atomic E-state index is 11.0. The minimum atomic E-state index is -0.161. The number of carbonyl (C=O) groups excluding carboxylic acids is 1. The Morgan fingerprint density at radius 2 is 2.21 bits per heavy atom. The highest BCUT2D eigenvalue weighted by Crippen LogP contribution is 2.00. The number of halogens is 1. The molecule has 0 spiro atoms. The second kappa shape index (κ2) is 8.43. The third-order valence-electron chi connectivity index (χ3n) is 1.74. The van der Waals surface area contributed by atoms with E-state index in [1.165, 1.54) is 7.11 Å². The summed E-state index contributed by atoms with van der Waals surface area (Å²) in [6.45, 7) is 2.69. The first-order valence-electron chi connectivity index (χ1n) is 4.65. The van der Waals surface area contributed by atoms with Crippen LogP contribution in [-0.2, 0) is 9.53 Å². The molecule has 0 saturated carbocycles. The molecule has 0 bridgehead atoms. The molecule has 1 N–H and O–H groups in total. The first-order valence-corrected chi connectivity index (χ1v) is 5.90. The minimum Gasteiger partial charge on any atom is -0.468 e. The van der Waals surface area contributed by atoms with Crippen LogP contribution in [0.25, 0.3) is 0 Å². The Morgan fingerprint density at radius 1 is 1.57 bits per heavy atom. The van der Waals surface area contributed by atoms with E-state index in [4.69, 9.17) is 0 Å². The molecular weight excluding hydrogens is 295 g/mol. The van der Waals surface area contributed by atoms with Crippen molar-refractivity contribution in [3.8, 4) is 0 Å². The summed E-state index contributed by atoms with van der Waals surface area (Å²) in [6.07, 6.45) is 1.09. The van der Waals surface area contributed by atoms with Crippen molar-refractivity contribution in [1.82, 2.24) is 10.2 Å². The summed E-state index contributed by atoms with van der Waals surface area (Å²) in [4.78, 5) is 13.1. The molecule has 0 saturated heterocycles. The molecule has 0 heterocycles. The summed E-state index contributed by atoms with van der Waals surface area (Å²) >= 11 is 2.09. The molecule has 0 aromatic rings. The molecule has 5 heteroatoms. The van der Waals surface area contributed by atoms with E-state index in [0.29, 0.717) is 6.54 Å². The van der Waals surface area contributed by atoms with E-state index in [2.05, 4.69) is 51.6 Å². The topological polar surface area (TPSA) is 41.6 Å². The number of hydrogen-bond donors (Lipinski definition) is 1. The van der Waals surface area contributed by atoms with E-state index >= 15 is 0 Å². The number of ether oxygens (including phenoxy) is 1. The lowest BCUT2D eigenvalue weighted by Gasteiger charge is -2.11. The Morgan fingerprint density at radius 3 is 2.71 bits per heavy atom. The summed E-state index contributed by atoms with van der Waals surface area (Å²) in [5.74, 6) is -0.161. The van der Waals surface area contributed by atoms with Crippen LogP contribution in [0.5, 0.6) is 0 Å². The summed E-state index contributed by atoms with van der Waals surface area (Å²) < 4.78 is 4.53. The van der Waals surface area contributed by atoms with Crippen LogP contribution in [0.2, 0.25) is 0 Å². The van der Waals surface area contributed by atoms with Crippen molar-refractivity contribution in [3.05, 3.63) is 0 Å². The highest BCUT2D eigenvalue weighted by molar-refractivity contribution is 14.1. The molecule has 0 aliphatic heterocycles. The highest BCUT2D eigenvalue weighted by Gasteiger charge is 2.13. The maximum Gasteiger partial charge on any atom is 0.319 e. The second-order valence-corrected chi connectivity index (χ2v) is 4.86. The second-order valence-electron chi connectivity index (χ2n) is 3.35. The first kappa shape index (κ1) is 14.1. The van der Waals surface area contributed by atoms with Crippen molar-refractivity contribution in [2.45, 2.75) is 10.3 Å². The number of nitrogens with zero attached hydrogens (tertiary/aromatic N) is 1.